The van der Waals surface area contributed by atoms with Gasteiger partial charge in [-0.05, 0) is 41.1 Å². The summed E-state index contributed by atoms with van der Waals surface area (Å²) >= 11 is 12.8. The molecular weight excluding hydrogens is 369 g/mol. The molecule has 0 aliphatic rings. The summed E-state index contributed by atoms with van der Waals surface area (Å²) in [6, 6.07) is 5.86. The molecule has 0 spiro atoms. The summed E-state index contributed by atoms with van der Waals surface area (Å²) in [5.41, 5.74) is 1.73. The molecule has 2 rings (SSSR count). The normalized spacial score (nSPS) is 10.4. The van der Waals surface area contributed by atoms with Gasteiger partial charge in [-0.15, -0.1) is 0 Å². The zero-order chi connectivity index (χ0) is 12.4. The maximum atomic E-state index is 5.94. The number of aromatic nitrogens is 2. The van der Waals surface area contributed by atoms with Gasteiger partial charge in [-0.25, -0.2) is 9.97 Å². The lowest BCUT2D eigenvalue weighted by Crippen LogP contribution is -1.98. The van der Waals surface area contributed by atoms with Crippen LogP contribution in [0.4, 0.5) is 11.5 Å². The van der Waals surface area contributed by atoms with Crippen molar-refractivity contribution in [2.24, 2.45) is 0 Å². The largest absolute Gasteiger partial charge is 0.339 e. The maximum absolute atomic E-state index is 5.94. The van der Waals surface area contributed by atoms with Crippen LogP contribution in [0.3, 0.4) is 0 Å². The summed E-state index contributed by atoms with van der Waals surface area (Å²) in [7, 11) is 0. The van der Waals surface area contributed by atoms with Crippen LogP contribution >= 0.6 is 43.5 Å². The Bertz CT molecular complexity index is 560. The fourth-order valence-electron chi connectivity index (χ4n) is 1.28. The minimum absolute atomic E-state index is 0.452. The minimum atomic E-state index is 0.452. The van der Waals surface area contributed by atoms with Crippen LogP contribution in [-0.2, 0) is 0 Å². The summed E-state index contributed by atoms with van der Waals surface area (Å²) in [6.45, 7) is 1.87. The molecule has 1 N–H and O–H groups in total. The van der Waals surface area contributed by atoms with Crippen molar-refractivity contribution >= 4 is 55.0 Å². The third kappa shape index (κ3) is 2.97. The fraction of sp³-hybridized carbons (Fsp3) is 0.0909. The Morgan fingerprint density at radius 2 is 2.00 bits per heavy atom. The van der Waals surface area contributed by atoms with Crippen molar-refractivity contribution in [2.45, 2.75) is 6.92 Å². The Balaban J connectivity index is 2.38. The Morgan fingerprint density at radius 1 is 1.24 bits per heavy atom. The molecule has 0 fully saturated rings. The average Bonchev–Trinajstić information content (AvgIpc) is 2.30. The highest BCUT2D eigenvalue weighted by Crippen LogP contribution is 2.30. The highest BCUT2D eigenvalue weighted by molar-refractivity contribution is 9.11. The molecule has 0 amide bonds. The summed E-state index contributed by atoms with van der Waals surface area (Å²) in [5, 5.41) is 3.66. The molecule has 0 bridgehead atoms. The number of nitrogens with zero attached hydrogens (tertiary/aromatic N) is 2. The van der Waals surface area contributed by atoms with Crippen molar-refractivity contribution in [3.8, 4) is 0 Å². The Kier molecular flexibility index (Phi) is 4.01. The highest BCUT2D eigenvalue weighted by Gasteiger charge is 2.07. The van der Waals surface area contributed by atoms with E-state index in [1.54, 1.807) is 0 Å². The number of anilines is 2. The molecule has 6 heteroatoms. The van der Waals surface area contributed by atoms with Gasteiger partial charge in [0.2, 0.25) is 0 Å². The van der Waals surface area contributed by atoms with Gasteiger partial charge in [-0.3, -0.25) is 0 Å². The second kappa shape index (κ2) is 5.33. The van der Waals surface area contributed by atoms with E-state index in [1.807, 2.05) is 25.1 Å². The summed E-state index contributed by atoms with van der Waals surface area (Å²) in [4.78, 5) is 8.08. The first-order valence-electron chi connectivity index (χ1n) is 4.77. The van der Waals surface area contributed by atoms with Crippen LogP contribution in [0, 0.1) is 6.92 Å². The zero-order valence-electron chi connectivity index (χ0n) is 8.84. The molecule has 0 atom stereocenters. The van der Waals surface area contributed by atoms with Crippen molar-refractivity contribution < 1.29 is 0 Å². The SMILES string of the molecule is Cc1c(Cl)ncnc1Nc1cc(Br)ccc1Br. The number of rotatable bonds is 2. The second-order valence-electron chi connectivity index (χ2n) is 3.39. The molecule has 0 saturated carbocycles. The summed E-state index contributed by atoms with van der Waals surface area (Å²) < 4.78 is 1.94. The lowest BCUT2D eigenvalue weighted by molar-refractivity contribution is 1.13. The average molecular weight is 377 g/mol. The van der Waals surface area contributed by atoms with Crippen LogP contribution in [0.2, 0.25) is 5.15 Å². The standard InChI is InChI=1S/C11H8Br2ClN3/c1-6-10(14)15-5-16-11(6)17-9-4-7(12)2-3-8(9)13/h2-5H,1H3,(H,15,16,17). The van der Waals surface area contributed by atoms with E-state index >= 15 is 0 Å². The van der Waals surface area contributed by atoms with Crippen LogP contribution in [-0.4, -0.2) is 9.97 Å². The number of nitrogens with one attached hydrogen (secondary N) is 1. The number of hydrogen-bond acceptors (Lipinski definition) is 3. The summed E-state index contributed by atoms with van der Waals surface area (Å²) in [5.74, 6) is 0.698. The van der Waals surface area contributed by atoms with Crippen molar-refractivity contribution in [1.29, 1.82) is 0 Å². The first kappa shape index (κ1) is 12.8. The van der Waals surface area contributed by atoms with Crippen molar-refractivity contribution in [3.05, 3.63) is 44.2 Å². The molecule has 3 nitrogen and oxygen atoms in total. The first-order chi connectivity index (χ1) is 8.08. The van der Waals surface area contributed by atoms with Crippen molar-refractivity contribution in [3.63, 3.8) is 0 Å². The van der Waals surface area contributed by atoms with E-state index < -0.39 is 0 Å². The van der Waals surface area contributed by atoms with E-state index in [2.05, 4.69) is 47.1 Å². The van der Waals surface area contributed by atoms with Crippen LogP contribution in [0.5, 0.6) is 0 Å². The molecule has 0 radical (unpaired) electrons. The Hall–Kier alpha value is -0.650. The zero-order valence-corrected chi connectivity index (χ0v) is 12.8. The molecule has 0 aliphatic heterocycles. The van der Waals surface area contributed by atoms with E-state index in [1.165, 1.54) is 6.33 Å². The molecule has 0 aliphatic carbocycles. The molecule has 17 heavy (non-hydrogen) atoms. The molecule has 1 heterocycles. The molecule has 1 aromatic carbocycles. The third-order valence-electron chi connectivity index (χ3n) is 2.20. The lowest BCUT2D eigenvalue weighted by atomic mass is 10.3. The second-order valence-corrected chi connectivity index (χ2v) is 5.52. The van der Waals surface area contributed by atoms with Gasteiger partial charge in [0.1, 0.15) is 17.3 Å². The van der Waals surface area contributed by atoms with E-state index in [9.17, 15) is 0 Å². The van der Waals surface area contributed by atoms with Gasteiger partial charge in [0, 0.05) is 14.5 Å². The number of halogens is 3. The van der Waals surface area contributed by atoms with Crippen molar-refractivity contribution in [2.75, 3.05) is 5.32 Å². The molecule has 0 unspecified atom stereocenters. The van der Waals surface area contributed by atoms with Gasteiger partial charge < -0.3 is 5.32 Å². The highest BCUT2D eigenvalue weighted by atomic mass is 79.9. The lowest BCUT2D eigenvalue weighted by Gasteiger charge is -2.10. The smallest absolute Gasteiger partial charge is 0.138 e. The molecular formula is C11H8Br2ClN3. The fourth-order valence-corrected chi connectivity index (χ4v) is 2.12. The van der Waals surface area contributed by atoms with E-state index in [4.69, 9.17) is 11.6 Å². The Labute approximate surface area is 121 Å². The monoisotopic (exact) mass is 375 g/mol. The first-order valence-corrected chi connectivity index (χ1v) is 6.73. The molecule has 1 aromatic heterocycles. The van der Waals surface area contributed by atoms with Crippen LogP contribution in [0.25, 0.3) is 0 Å². The van der Waals surface area contributed by atoms with Gasteiger partial charge in [-0.2, -0.15) is 0 Å². The maximum Gasteiger partial charge on any atom is 0.138 e. The van der Waals surface area contributed by atoms with E-state index in [-0.39, 0.29) is 0 Å². The molecule has 88 valence electrons. The van der Waals surface area contributed by atoms with E-state index in [0.29, 0.717) is 11.0 Å². The number of benzene rings is 1. The quantitative estimate of drug-likeness (QED) is 0.771. The summed E-state index contributed by atoms with van der Waals surface area (Å²) in [6.07, 6.45) is 1.43. The Morgan fingerprint density at radius 3 is 2.76 bits per heavy atom. The van der Waals surface area contributed by atoms with Crippen LogP contribution in [0.15, 0.2) is 33.5 Å². The van der Waals surface area contributed by atoms with Gasteiger partial charge in [-0.1, -0.05) is 27.5 Å². The van der Waals surface area contributed by atoms with Crippen LogP contribution < -0.4 is 5.32 Å². The third-order valence-corrected chi connectivity index (χ3v) is 3.77. The molecule has 0 saturated heterocycles. The van der Waals surface area contributed by atoms with E-state index in [0.717, 1.165) is 20.2 Å². The van der Waals surface area contributed by atoms with Gasteiger partial charge >= 0.3 is 0 Å². The predicted molar refractivity (Wildman–Crippen MR) is 76.9 cm³/mol. The minimum Gasteiger partial charge on any atom is -0.339 e. The van der Waals surface area contributed by atoms with Crippen LogP contribution in [0.1, 0.15) is 5.56 Å². The topological polar surface area (TPSA) is 37.8 Å². The number of hydrogen-bond donors (Lipinski definition) is 1. The van der Waals surface area contributed by atoms with Gasteiger partial charge in [0.05, 0.1) is 5.69 Å². The molecule has 2 aromatic rings. The predicted octanol–water partition coefficient (Wildman–Crippen LogP) is 4.71. The van der Waals surface area contributed by atoms with Gasteiger partial charge in [0.25, 0.3) is 0 Å². The van der Waals surface area contributed by atoms with Gasteiger partial charge in [0.15, 0.2) is 0 Å². The van der Waals surface area contributed by atoms with Crippen molar-refractivity contribution in [1.82, 2.24) is 9.97 Å².